The summed E-state index contributed by atoms with van der Waals surface area (Å²) in [5, 5.41) is 3.50. The Balaban J connectivity index is 1.87. The number of ether oxygens (including phenoxy) is 1. The van der Waals surface area contributed by atoms with Crippen LogP contribution in [0.25, 0.3) is 0 Å². The van der Waals surface area contributed by atoms with Crippen molar-refractivity contribution in [3.8, 4) is 5.88 Å². The third-order valence-electron chi connectivity index (χ3n) is 2.70. The standard InChI is InChI=1S/C14H14ClN3O2/c1-20-13-8-12(17-9-18-13)14(19)16-7-6-10-2-4-11(15)5-3-10/h2-5,8-9H,6-7H2,1H3,(H,16,19). The van der Waals surface area contributed by atoms with E-state index in [1.165, 1.54) is 19.5 Å². The van der Waals surface area contributed by atoms with Gasteiger partial charge in [-0.05, 0) is 24.1 Å². The minimum atomic E-state index is -0.250. The highest BCUT2D eigenvalue weighted by Crippen LogP contribution is 2.09. The molecule has 0 spiro atoms. The summed E-state index contributed by atoms with van der Waals surface area (Å²) in [6.07, 6.45) is 2.03. The quantitative estimate of drug-likeness (QED) is 0.916. The molecule has 0 unspecified atom stereocenters. The van der Waals surface area contributed by atoms with E-state index in [0.717, 1.165) is 12.0 Å². The third kappa shape index (κ3) is 3.93. The Morgan fingerprint density at radius 2 is 2.05 bits per heavy atom. The molecular formula is C14H14ClN3O2. The fourth-order valence-corrected chi connectivity index (χ4v) is 1.76. The van der Waals surface area contributed by atoms with Gasteiger partial charge in [-0.3, -0.25) is 4.79 Å². The Morgan fingerprint density at radius 1 is 1.30 bits per heavy atom. The van der Waals surface area contributed by atoms with E-state index in [4.69, 9.17) is 16.3 Å². The van der Waals surface area contributed by atoms with Crippen molar-refractivity contribution in [2.75, 3.05) is 13.7 Å². The first-order chi connectivity index (χ1) is 9.69. The van der Waals surface area contributed by atoms with Gasteiger partial charge in [0.2, 0.25) is 5.88 Å². The number of nitrogens with zero attached hydrogens (tertiary/aromatic N) is 2. The molecule has 0 saturated heterocycles. The zero-order valence-electron chi connectivity index (χ0n) is 11.0. The van der Waals surface area contributed by atoms with Crippen molar-refractivity contribution in [3.05, 3.63) is 52.9 Å². The van der Waals surface area contributed by atoms with Gasteiger partial charge >= 0.3 is 0 Å². The Labute approximate surface area is 122 Å². The molecule has 0 aliphatic rings. The van der Waals surface area contributed by atoms with Gasteiger partial charge in [0.1, 0.15) is 12.0 Å². The molecule has 1 N–H and O–H groups in total. The molecule has 104 valence electrons. The minimum Gasteiger partial charge on any atom is -0.481 e. The van der Waals surface area contributed by atoms with Crippen LogP contribution >= 0.6 is 11.6 Å². The van der Waals surface area contributed by atoms with Crippen molar-refractivity contribution in [1.82, 2.24) is 15.3 Å². The van der Waals surface area contributed by atoms with Crippen molar-refractivity contribution in [2.45, 2.75) is 6.42 Å². The fourth-order valence-electron chi connectivity index (χ4n) is 1.64. The number of hydrogen-bond acceptors (Lipinski definition) is 4. The molecule has 0 bridgehead atoms. The number of carbonyl (C=O) groups excluding carboxylic acids is 1. The summed E-state index contributed by atoms with van der Waals surface area (Å²) in [6, 6.07) is 9.02. The molecule has 5 nitrogen and oxygen atoms in total. The Hall–Kier alpha value is -2.14. The van der Waals surface area contributed by atoms with Gasteiger partial charge < -0.3 is 10.1 Å². The number of aromatic nitrogens is 2. The van der Waals surface area contributed by atoms with Crippen LogP contribution in [0.15, 0.2) is 36.7 Å². The van der Waals surface area contributed by atoms with Crippen LogP contribution in [-0.4, -0.2) is 29.5 Å². The molecule has 0 aliphatic heterocycles. The highest BCUT2D eigenvalue weighted by Gasteiger charge is 2.08. The first kappa shape index (κ1) is 14.3. The van der Waals surface area contributed by atoms with Crippen LogP contribution in [0.1, 0.15) is 16.1 Å². The van der Waals surface area contributed by atoms with Gasteiger partial charge in [-0.1, -0.05) is 23.7 Å². The lowest BCUT2D eigenvalue weighted by Crippen LogP contribution is -2.26. The van der Waals surface area contributed by atoms with Crippen molar-refractivity contribution in [2.24, 2.45) is 0 Å². The normalized spacial score (nSPS) is 10.1. The molecule has 1 aromatic carbocycles. The number of rotatable bonds is 5. The second-order valence-corrected chi connectivity index (χ2v) is 4.51. The summed E-state index contributed by atoms with van der Waals surface area (Å²) in [4.78, 5) is 19.6. The maximum atomic E-state index is 11.9. The molecule has 0 aliphatic carbocycles. The van der Waals surface area contributed by atoms with Gasteiger partial charge in [-0.2, -0.15) is 0 Å². The number of benzene rings is 1. The second-order valence-electron chi connectivity index (χ2n) is 4.08. The van der Waals surface area contributed by atoms with Crippen molar-refractivity contribution in [3.63, 3.8) is 0 Å². The Morgan fingerprint density at radius 3 is 2.75 bits per heavy atom. The first-order valence-electron chi connectivity index (χ1n) is 6.07. The lowest BCUT2D eigenvalue weighted by atomic mass is 10.1. The summed E-state index contributed by atoms with van der Waals surface area (Å²) >= 11 is 5.81. The van der Waals surface area contributed by atoms with E-state index < -0.39 is 0 Å². The lowest BCUT2D eigenvalue weighted by molar-refractivity contribution is 0.0948. The number of methoxy groups -OCH3 is 1. The zero-order valence-corrected chi connectivity index (χ0v) is 11.7. The van der Waals surface area contributed by atoms with Gasteiger partial charge in [-0.25, -0.2) is 9.97 Å². The predicted octanol–water partition coefficient (Wildman–Crippen LogP) is 2.11. The van der Waals surface area contributed by atoms with Gasteiger partial charge in [0.05, 0.1) is 7.11 Å². The molecule has 6 heteroatoms. The molecule has 0 atom stereocenters. The third-order valence-corrected chi connectivity index (χ3v) is 2.95. The van der Waals surface area contributed by atoms with Crippen molar-refractivity contribution < 1.29 is 9.53 Å². The van der Waals surface area contributed by atoms with Crippen LogP contribution in [-0.2, 0) is 6.42 Å². The van der Waals surface area contributed by atoms with Crippen LogP contribution in [0.2, 0.25) is 5.02 Å². The molecule has 1 amide bonds. The predicted molar refractivity (Wildman–Crippen MR) is 76.1 cm³/mol. The lowest BCUT2D eigenvalue weighted by Gasteiger charge is -2.05. The van der Waals surface area contributed by atoms with Crippen LogP contribution in [0.4, 0.5) is 0 Å². The molecule has 0 fully saturated rings. The summed E-state index contributed by atoms with van der Waals surface area (Å²) < 4.78 is 4.95. The van der Waals surface area contributed by atoms with E-state index in [-0.39, 0.29) is 11.6 Å². The SMILES string of the molecule is COc1cc(C(=O)NCCc2ccc(Cl)cc2)ncn1. The van der Waals surface area contributed by atoms with Crippen LogP contribution in [0.3, 0.4) is 0 Å². The van der Waals surface area contributed by atoms with E-state index in [1.807, 2.05) is 24.3 Å². The van der Waals surface area contributed by atoms with E-state index in [2.05, 4.69) is 15.3 Å². The Bertz CT molecular complexity index is 587. The van der Waals surface area contributed by atoms with Gasteiger partial charge in [0, 0.05) is 17.6 Å². The number of halogens is 1. The molecule has 0 saturated carbocycles. The molecule has 1 heterocycles. The van der Waals surface area contributed by atoms with Gasteiger partial charge in [0.25, 0.3) is 5.91 Å². The topological polar surface area (TPSA) is 64.1 Å². The fraction of sp³-hybridized carbons (Fsp3) is 0.214. The second kappa shape index (κ2) is 6.86. The number of carbonyl (C=O) groups is 1. The van der Waals surface area contributed by atoms with Crippen LogP contribution in [0.5, 0.6) is 5.88 Å². The molecular weight excluding hydrogens is 278 g/mol. The van der Waals surface area contributed by atoms with Crippen molar-refractivity contribution in [1.29, 1.82) is 0 Å². The summed E-state index contributed by atoms with van der Waals surface area (Å²) in [7, 11) is 1.49. The maximum absolute atomic E-state index is 11.9. The summed E-state index contributed by atoms with van der Waals surface area (Å²) in [6.45, 7) is 0.521. The van der Waals surface area contributed by atoms with Crippen LogP contribution in [0, 0.1) is 0 Å². The average molecular weight is 292 g/mol. The molecule has 2 aromatic rings. The minimum absolute atomic E-state index is 0.250. The highest BCUT2D eigenvalue weighted by atomic mass is 35.5. The average Bonchev–Trinajstić information content (AvgIpc) is 2.49. The number of amides is 1. The van der Waals surface area contributed by atoms with E-state index in [9.17, 15) is 4.79 Å². The molecule has 2 rings (SSSR count). The monoisotopic (exact) mass is 291 g/mol. The maximum Gasteiger partial charge on any atom is 0.270 e. The zero-order chi connectivity index (χ0) is 14.4. The first-order valence-corrected chi connectivity index (χ1v) is 6.45. The van der Waals surface area contributed by atoms with Gasteiger partial charge in [0.15, 0.2) is 0 Å². The smallest absolute Gasteiger partial charge is 0.270 e. The van der Waals surface area contributed by atoms with Crippen LogP contribution < -0.4 is 10.1 Å². The number of hydrogen-bond donors (Lipinski definition) is 1. The largest absolute Gasteiger partial charge is 0.481 e. The molecule has 1 aromatic heterocycles. The molecule has 0 radical (unpaired) electrons. The van der Waals surface area contributed by atoms with Crippen molar-refractivity contribution >= 4 is 17.5 Å². The van der Waals surface area contributed by atoms with Gasteiger partial charge in [-0.15, -0.1) is 0 Å². The highest BCUT2D eigenvalue weighted by molar-refractivity contribution is 6.30. The number of nitrogens with one attached hydrogen (secondary N) is 1. The Kier molecular flexibility index (Phi) is 4.90. The van der Waals surface area contributed by atoms with E-state index in [0.29, 0.717) is 17.4 Å². The summed E-state index contributed by atoms with van der Waals surface area (Å²) in [5.74, 6) is 0.113. The molecule has 20 heavy (non-hydrogen) atoms. The summed E-state index contributed by atoms with van der Waals surface area (Å²) in [5.41, 5.74) is 1.39. The van der Waals surface area contributed by atoms with E-state index in [1.54, 1.807) is 0 Å². The van der Waals surface area contributed by atoms with E-state index >= 15 is 0 Å².